The van der Waals surface area contributed by atoms with Gasteiger partial charge in [0.05, 0.1) is 18.8 Å². The van der Waals surface area contributed by atoms with Crippen LogP contribution < -0.4 is 5.32 Å². The Morgan fingerprint density at radius 3 is 2.52 bits per heavy atom. The van der Waals surface area contributed by atoms with Gasteiger partial charge in [-0.1, -0.05) is 60.7 Å². The number of ether oxygens (including phenoxy) is 2. The zero-order valence-corrected chi connectivity index (χ0v) is 15.6. The van der Waals surface area contributed by atoms with Gasteiger partial charge in [0, 0.05) is 31.6 Å². The number of rotatable bonds is 4. The molecule has 2 aliphatic rings. The van der Waals surface area contributed by atoms with Crippen LogP contribution in [0.3, 0.4) is 0 Å². The number of hydrogen-bond donors (Lipinski definition) is 1. The van der Waals surface area contributed by atoms with Crippen LogP contribution in [0.25, 0.3) is 0 Å². The summed E-state index contributed by atoms with van der Waals surface area (Å²) in [5, 5.41) is 3.08. The van der Waals surface area contributed by atoms with Crippen LogP contribution in [0, 0.1) is 0 Å². The number of amides is 1. The smallest absolute Gasteiger partial charge is 0.217 e. The molecule has 1 amide bonds. The van der Waals surface area contributed by atoms with E-state index in [1.807, 2.05) is 36.4 Å². The fourth-order valence-corrected chi connectivity index (χ4v) is 4.09. The molecule has 0 bridgehead atoms. The molecule has 5 heteroatoms. The molecule has 0 saturated carbocycles. The Bertz CT molecular complexity index is 753. The van der Waals surface area contributed by atoms with E-state index in [9.17, 15) is 4.79 Å². The van der Waals surface area contributed by atoms with Gasteiger partial charge in [0.15, 0.2) is 6.29 Å². The van der Waals surface area contributed by atoms with Crippen molar-refractivity contribution >= 4 is 5.91 Å². The van der Waals surface area contributed by atoms with Crippen molar-refractivity contribution in [1.29, 1.82) is 0 Å². The van der Waals surface area contributed by atoms with Gasteiger partial charge in [-0.05, 0) is 12.0 Å². The number of carbonyl (C=O) groups excluding carboxylic acids is 1. The van der Waals surface area contributed by atoms with Gasteiger partial charge < -0.3 is 14.8 Å². The van der Waals surface area contributed by atoms with Crippen molar-refractivity contribution in [2.45, 2.75) is 44.4 Å². The standard InChI is InChI=1S/C22H26N2O3/c1-16(25)23-19-12-21-20(24(14-19)13-17-8-4-2-5-9-17)15-26-22(27-21)18-10-6-3-7-11-18/h2-11,19-22H,12-15H2,1H3,(H,23,25). The van der Waals surface area contributed by atoms with E-state index in [2.05, 4.69) is 34.5 Å². The second-order valence-corrected chi connectivity index (χ2v) is 7.37. The molecule has 4 rings (SSSR count). The molecule has 2 aromatic carbocycles. The summed E-state index contributed by atoms with van der Waals surface area (Å²) in [5.41, 5.74) is 2.29. The molecule has 4 atom stereocenters. The third-order valence-electron chi connectivity index (χ3n) is 5.29. The van der Waals surface area contributed by atoms with Crippen molar-refractivity contribution in [1.82, 2.24) is 10.2 Å². The van der Waals surface area contributed by atoms with Crippen molar-refractivity contribution in [2.75, 3.05) is 13.2 Å². The molecule has 142 valence electrons. The number of nitrogens with zero attached hydrogens (tertiary/aromatic N) is 1. The third kappa shape index (κ3) is 4.38. The van der Waals surface area contributed by atoms with Gasteiger partial charge in [-0.3, -0.25) is 9.69 Å². The average Bonchev–Trinajstić information content (AvgIpc) is 2.68. The second kappa shape index (κ2) is 8.21. The summed E-state index contributed by atoms with van der Waals surface area (Å²) in [6.07, 6.45) is 0.489. The number of piperidine rings is 1. The maximum absolute atomic E-state index is 11.6. The zero-order valence-electron chi connectivity index (χ0n) is 15.6. The van der Waals surface area contributed by atoms with E-state index >= 15 is 0 Å². The van der Waals surface area contributed by atoms with Gasteiger partial charge in [-0.2, -0.15) is 0 Å². The van der Waals surface area contributed by atoms with Crippen LogP contribution in [0.4, 0.5) is 0 Å². The van der Waals surface area contributed by atoms with Gasteiger partial charge in [0.1, 0.15) is 0 Å². The monoisotopic (exact) mass is 366 g/mol. The fraction of sp³-hybridized carbons (Fsp3) is 0.409. The minimum Gasteiger partial charge on any atom is -0.352 e. The highest BCUT2D eigenvalue weighted by atomic mass is 16.7. The van der Waals surface area contributed by atoms with Gasteiger partial charge in [0.2, 0.25) is 5.91 Å². The highest BCUT2D eigenvalue weighted by Gasteiger charge is 2.42. The summed E-state index contributed by atoms with van der Waals surface area (Å²) in [4.78, 5) is 14.0. The second-order valence-electron chi connectivity index (χ2n) is 7.37. The minimum atomic E-state index is -0.345. The predicted molar refractivity (Wildman–Crippen MR) is 103 cm³/mol. The maximum atomic E-state index is 11.6. The lowest BCUT2D eigenvalue weighted by Crippen LogP contribution is -2.61. The summed E-state index contributed by atoms with van der Waals surface area (Å²) >= 11 is 0. The van der Waals surface area contributed by atoms with Gasteiger partial charge >= 0.3 is 0 Å². The molecule has 2 aromatic rings. The molecule has 2 saturated heterocycles. The Morgan fingerprint density at radius 2 is 1.81 bits per heavy atom. The van der Waals surface area contributed by atoms with E-state index in [-0.39, 0.29) is 30.4 Å². The van der Waals surface area contributed by atoms with E-state index in [4.69, 9.17) is 9.47 Å². The molecule has 2 aliphatic heterocycles. The number of fused-ring (bicyclic) bond motifs is 1. The number of likely N-dealkylation sites (tertiary alicyclic amines) is 1. The lowest BCUT2D eigenvalue weighted by atomic mass is 9.93. The van der Waals surface area contributed by atoms with Crippen LogP contribution in [0.2, 0.25) is 0 Å². The lowest BCUT2D eigenvalue weighted by Gasteiger charge is -2.48. The van der Waals surface area contributed by atoms with Gasteiger partial charge in [0.25, 0.3) is 0 Å². The van der Waals surface area contributed by atoms with E-state index in [1.54, 1.807) is 6.92 Å². The first-order valence-corrected chi connectivity index (χ1v) is 9.56. The number of benzene rings is 2. The lowest BCUT2D eigenvalue weighted by molar-refractivity contribution is -0.256. The Kier molecular flexibility index (Phi) is 5.53. The molecular formula is C22H26N2O3. The van der Waals surface area contributed by atoms with Crippen molar-refractivity contribution in [2.24, 2.45) is 0 Å². The molecule has 2 heterocycles. The summed E-state index contributed by atoms with van der Waals surface area (Å²) in [5.74, 6) is 0.00443. The van der Waals surface area contributed by atoms with E-state index in [0.717, 1.165) is 25.1 Å². The number of nitrogens with one attached hydrogen (secondary N) is 1. The highest BCUT2D eigenvalue weighted by Crippen LogP contribution is 2.33. The average molecular weight is 366 g/mol. The summed E-state index contributed by atoms with van der Waals surface area (Å²) in [7, 11) is 0. The van der Waals surface area contributed by atoms with Gasteiger partial charge in [-0.25, -0.2) is 0 Å². The first-order valence-electron chi connectivity index (χ1n) is 9.56. The topological polar surface area (TPSA) is 50.8 Å². The van der Waals surface area contributed by atoms with Crippen LogP contribution >= 0.6 is 0 Å². The molecular weight excluding hydrogens is 340 g/mol. The molecule has 27 heavy (non-hydrogen) atoms. The van der Waals surface area contributed by atoms with Crippen molar-refractivity contribution < 1.29 is 14.3 Å². The van der Waals surface area contributed by atoms with E-state index < -0.39 is 0 Å². The van der Waals surface area contributed by atoms with Crippen molar-refractivity contribution in [3.63, 3.8) is 0 Å². The molecule has 0 aliphatic carbocycles. The summed E-state index contributed by atoms with van der Waals surface area (Å²) in [6.45, 7) is 3.83. The largest absolute Gasteiger partial charge is 0.352 e. The maximum Gasteiger partial charge on any atom is 0.217 e. The molecule has 0 aromatic heterocycles. The highest BCUT2D eigenvalue weighted by molar-refractivity contribution is 5.73. The molecule has 5 nitrogen and oxygen atoms in total. The van der Waals surface area contributed by atoms with Crippen molar-refractivity contribution in [3.8, 4) is 0 Å². The fourth-order valence-electron chi connectivity index (χ4n) is 4.09. The SMILES string of the molecule is CC(=O)NC1CC2OC(c3ccccc3)OCC2N(Cc2ccccc2)C1. The molecule has 0 spiro atoms. The van der Waals surface area contributed by atoms with Crippen LogP contribution in [-0.4, -0.2) is 42.1 Å². The zero-order chi connectivity index (χ0) is 18.6. The Morgan fingerprint density at radius 1 is 1.11 bits per heavy atom. The number of hydrogen-bond acceptors (Lipinski definition) is 4. The van der Waals surface area contributed by atoms with Crippen LogP contribution in [-0.2, 0) is 20.8 Å². The minimum absolute atomic E-state index is 0.00443. The predicted octanol–water partition coefficient (Wildman–Crippen LogP) is 2.88. The summed E-state index contributed by atoms with van der Waals surface area (Å²) in [6, 6.07) is 20.7. The normalized spacial score (nSPS) is 28.3. The molecule has 2 fully saturated rings. The van der Waals surface area contributed by atoms with E-state index in [0.29, 0.717) is 6.61 Å². The Hall–Kier alpha value is -2.21. The quantitative estimate of drug-likeness (QED) is 0.904. The molecule has 0 radical (unpaired) electrons. The third-order valence-corrected chi connectivity index (χ3v) is 5.29. The Balaban J connectivity index is 1.51. The number of carbonyl (C=O) groups is 1. The van der Waals surface area contributed by atoms with E-state index in [1.165, 1.54) is 5.56 Å². The first-order chi connectivity index (χ1) is 13.2. The molecule has 1 N–H and O–H groups in total. The van der Waals surface area contributed by atoms with Crippen LogP contribution in [0.1, 0.15) is 30.8 Å². The Labute approximate surface area is 160 Å². The van der Waals surface area contributed by atoms with Crippen LogP contribution in [0.15, 0.2) is 60.7 Å². The van der Waals surface area contributed by atoms with Crippen molar-refractivity contribution in [3.05, 3.63) is 71.8 Å². The molecule has 4 unspecified atom stereocenters. The summed E-state index contributed by atoms with van der Waals surface area (Å²) < 4.78 is 12.4. The van der Waals surface area contributed by atoms with Crippen LogP contribution in [0.5, 0.6) is 0 Å². The van der Waals surface area contributed by atoms with Gasteiger partial charge in [-0.15, -0.1) is 0 Å². The first kappa shape index (κ1) is 18.2.